The van der Waals surface area contributed by atoms with Crippen molar-refractivity contribution in [1.82, 2.24) is 0 Å². The van der Waals surface area contributed by atoms with Gasteiger partial charge in [0.25, 0.3) is 0 Å². The molecule has 0 saturated carbocycles. The van der Waals surface area contributed by atoms with Crippen LogP contribution < -0.4 is 0 Å². The molecule has 0 bridgehead atoms. The molecular formula is C10H10MnO. The summed E-state index contributed by atoms with van der Waals surface area (Å²) in [6.45, 7) is 1.64. The van der Waals surface area contributed by atoms with Gasteiger partial charge in [0.05, 0.1) is 0 Å². The minimum absolute atomic E-state index is 0.297. The van der Waals surface area contributed by atoms with Crippen molar-refractivity contribution in [3.05, 3.63) is 47.7 Å². The van der Waals surface area contributed by atoms with Crippen molar-refractivity contribution in [1.29, 1.82) is 0 Å². The summed E-state index contributed by atoms with van der Waals surface area (Å²) < 4.78 is 0.892. The molecule has 2 heteroatoms. The van der Waals surface area contributed by atoms with Crippen molar-refractivity contribution < 1.29 is 20.7 Å². The van der Waals surface area contributed by atoms with Crippen molar-refractivity contribution in [2.45, 2.75) is 6.92 Å². The van der Waals surface area contributed by atoms with Gasteiger partial charge in [0.1, 0.15) is 0 Å². The van der Waals surface area contributed by atoms with Gasteiger partial charge in [0, 0.05) is 0 Å². The molecule has 0 aromatic heterocycles. The zero-order chi connectivity index (χ0) is 8.97. The summed E-state index contributed by atoms with van der Waals surface area (Å²) in [5, 5.41) is 8.99. The van der Waals surface area contributed by atoms with E-state index in [1.54, 1.807) is 13.0 Å². The van der Waals surface area contributed by atoms with Crippen LogP contribution >= 0.6 is 0 Å². The van der Waals surface area contributed by atoms with Gasteiger partial charge in [-0.1, -0.05) is 0 Å². The second-order valence-corrected chi connectivity index (χ2v) is 3.14. The summed E-state index contributed by atoms with van der Waals surface area (Å²) in [6, 6.07) is 9.82. The van der Waals surface area contributed by atoms with Gasteiger partial charge in [0.15, 0.2) is 0 Å². The molecule has 0 aliphatic heterocycles. The maximum absolute atomic E-state index is 8.99. The molecular weight excluding hydrogens is 191 g/mol. The molecule has 0 spiro atoms. The molecule has 1 nitrogen and oxygen atoms in total. The number of rotatable bonds is 2. The van der Waals surface area contributed by atoms with Crippen LogP contribution in [0.1, 0.15) is 12.5 Å². The minimum atomic E-state index is 0.297. The van der Waals surface area contributed by atoms with E-state index in [2.05, 4.69) is 15.6 Å². The Hall–Kier alpha value is -0.851. The molecule has 1 N–H and O–H groups in total. The van der Waals surface area contributed by atoms with Gasteiger partial charge < -0.3 is 0 Å². The molecule has 63 valence electrons. The molecule has 0 saturated heterocycles. The normalized spacial score (nSPS) is 11.2. The fourth-order valence-electron chi connectivity index (χ4n) is 0.864. The van der Waals surface area contributed by atoms with Crippen LogP contribution in [0.15, 0.2) is 42.2 Å². The maximum atomic E-state index is 8.99. The molecule has 12 heavy (non-hydrogen) atoms. The Morgan fingerprint density at radius 2 is 1.92 bits per heavy atom. The molecule has 0 heterocycles. The van der Waals surface area contributed by atoms with Crippen molar-refractivity contribution in [2.75, 3.05) is 0 Å². The van der Waals surface area contributed by atoms with Gasteiger partial charge in [-0.25, -0.2) is 0 Å². The third-order valence-corrected chi connectivity index (χ3v) is 1.90. The van der Waals surface area contributed by atoms with Gasteiger partial charge in [-0.05, 0) is 0 Å². The van der Waals surface area contributed by atoms with Gasteiger partial charge in [-0.3, -0.25) is 0 Å². The van der Waals surface area contributed by atoms with Crippen molar-refractivity contribution in [3.63, 3.8) is 0 Å². The molecule has 1 aromatic carbocycles. The summed E-state index contributed by atoms with van der Waals surface area (Å²) in [4.78, 5) is 0. The first kappa shape index (κ1) is 9.24. The number of aliphatic hydroxyl groups excluding tert-OH is 1. The Morgan fingerprint density at radius 1 is 1.33 bits per heavy atom. The first-order valence-electron chi connectivity index (χ1n) is 3.65. The Labute approximate surface area is 80.1 Å². The van der Waals surface area contributed by atoms with Crippen molar-refractivity contribution in [2.24, 2.45) is 0 Å². The Morgan fingerprint density at radius 3 is 2.42 bits per heavy atom. The average molecular weight is 201 g/mol. The predicted octanol–water partition coefficient (Wildman–Crippen LogP) is 2.22. The fourth-order valence-corrected chi connectivity index (χ4v) is 1.31. The molecule has 0 radical (unpaired) electrons. The first-order valence-corrected chi connectivity index (χ1v) is 4.24. The number of benzene rings is 1. The summed E-state index contributed by atoms with van der Waals surface area (Å²) in [6.07, 6.45) is 1.68. The van der Waals surface area contributed by atoms with E-state index in [0.717, 1.165) is 9.98 Å². The summed E-state index contributed by atoms with van der Waals surface area (Å²) in [5.41, 5.74) is 1.06. The van der Waals surface area contributed by atoms with Gasteiger partial charge in [0.2, 0.25) is 0 Å². The fraction of sp³-hybridized carbons (Fsp3) is 0.100. The molecule has 1 rings (SSSR count). The molecule has 0 unspecified atom stereocenters. The number of aliphatic hydroxyl groups is 1. The van der Waals surface area contributed by atoms with E-state index < -0.39 is 0 Å². The Balaban J connectivity index is 2.87. The van der Waals surface area contributed by atoms with E-state index in [9.17, 15) is 0 Å². The van der Waals surface area contributed by atoms with E-state index in [1.807, 2.05) is 30.3 Å². The van der Waals surface area contributed by atoms with E-state index in [4.69, 9.17) is 5.11 Å². The van der Waals surface area contributed by atoms with E-state index in [1.165, 1.54) is 0 Å². The van der Waals surface area contributed by atoms with E-state index >= 15 is 0 Å². The molecule has 0 aliphatic rings. The average Bonchev–Trinajstić information content (AvgIpc) is 2.05. The number of hydrogen-bond acceptors (Lipinski definition) is 1. The zero-order valence-electron chi connectivity index (χ0n) is 6.79. The van der Waals surface area contributed by atoms with Crippen molar-refractivity contribution in [3.8, 4) is 0 Å². The van der Waals surface area contributed by atoms with E-state index in [-0.39, 0.29) is 0 Å². The number of hydrogen-bond donors (Lipinski definition) is 1. The quantitative estimate of drug-likeness (QED) is 0.574. The zero-order valence-corrected chi connectivity index (χ0v) is 7.97. The topological polar surface area (TPSA) is 20.2 Å². The molecule has 0 aliphatic carbocycles. The van der Waals surface area contributed by atoms with Crippen LogP contribution in [0, 0.1) is 0 Å². The first-order chi connectivity index (χ1) is 5.70. The van der Waals surface area contributed by atoms with Crippen LogP contribution in [0.2, 0.25) is 0 Å². The second-order valence-electron chi connectivity index (χ2n) is 2.50. The van der Waals surface area contributed by atoms with Crippen LogP contribution in [0.3, 0.4) is 0 Å². The van der Waals surface area contributed by atoms with Gasteiger partial charge in [-0.15, -0.1) is 0 Å². The second kappa shape index (κ2) is 4.24. The molecule has 0 amide bonds. The predicted molar refractivity (Wildman–Crippen MR) is 46.9 cm³/mol. The Kier molecular flexibility index (Phi) is 3.27. The summed E-state index contributed by atoms with van der Waals surface area (Å²) >= 11 is 3.37. The van der Waals surface area contributed by atoms with Crippen molar-refractivity contribution >= 4 is 4.42 Å². The van der Waals surface area contributed by atoms with Crippen LogP contribution in [-0.4, -0.2) is 9.52 Å². The van der Waals surface area contributed by atoms with Gasteiger partial charge >= 0.3 is 79.8 Å². The van der Waals surface area contributed by atoms with Crippen LogP contribution in [0.25, 0.3) is 0 Å². The third kappa shape index (κ3) is 2.65. The monoisotopic (exact) mass is 201 g/mol. The molecule has 0 fully saturated rings. The van der Waals surface area contributed by atoms with Gasteiger partial charge in [-0.2, -0.15) is 0 Å². The Bertz CT molecular complexity index is 297. The summed E-state index contributed by atoms with van der Waals surface area (Å²) in [7, 11) is 0. The standard InChI is InChI=1S/C10H10O.Mn/c1-9(11)7-8-10-5-3-2-4-6-10;/h2-7,11H,1H3;/b9-7-;. The SMILES string of the molecule is C/C(O)=C/[C](=[Mn])c1ccccc1. The summed E-state index contributed by atoms with van der Waals surface area (Å²) in [5.74, 6) is 0.297. The van der Waals surface area contributed by atoms with Crippen LogP contribution in [0.5, 0.6) is 0 Å². The van der Waals surface area contributed by atoms with E-state index in [0.29, 0.717) is 5.76 Å². The third-order valence-electron chi connectivity index (χ3n) is 1.39. The molecule has 1 aromatic rings. The van der Waals surface area contributed by atoms with Crippen LogP contribution in [-0.2, 0) is 15.6 Å². The number of allylic oxidation sites excluding steroid dienone is 2. The molecule has 0 atom stereocenters. The van der Waals surface area contributed by atoms with Crippen LogP contribution in [0.4, 0.5) is 0 Å².